The Hall–Kier alpha value is -1.88. The fourth-order valence-electron chi connectivity index (χ4n) is 1.77. The van der Waals surface area contributed by atoms with E-state index in [0.29, 0.717) is 0 Å². The molecule has 0 saturated carbocycles. The van der Waals surface area contributed by atoms with Gasteiger partial charge in [-0.05, 0) is 19.4 Å². The van der Waals surface area contributed by atoms with Gasteiger partial charge in [0.15, 0.2) is 6.10 Å². The molecule has 0 radical (unpaired) electrons. The molecule has 0 spiro atoms. The van der Waals surface area contributed by atoms with Crippen LogP contribution in [-0.4, -0.2) is 36.2 Å². The number of ether oxygens (including phenoxy) is 2. The Balaban J connectivity index is 2.86. The van der Waals surface area contributed by atoms with Crippen LogP contribution in [0.2, 0.25) is 0 Å². The monoisotopic (exact) mass is 280 g/mol. The standard InChI is InChI=1S/C15H20O5/c1-4-5-6-7-8-11-14(16)13(15(17)18)12(20-11)9-10(2)19-3/h5-8,10-11H,4,9H2,1-3H3,(H,17,18)/b6-5+,8-7+. The zero-order valence-electron chi connectivity index (χ0n) is 12.0. The summed E-state index contributed by atoms with van der Waals surface area (Å²) in [4.78, 5) is 23.2. The molecule has 20 heavy (non-hydrogen) atoms. The summed E-state index contributed by atoms with van der Waals surface area (Å²) in [5.74, 6) is -1.59. The number of carboxylic acids is 1. The maximum absolute atomic E-state index is 12.0. The number of aliphatic carboxylic acids is 1. The number of carbonyl (C=O) groups is 2. The van der Waals surface area contributed by atoms with Gasteiger partial charge in [-0.25, -0.2) is 4.79 Å². The van der Waals surface area contributed by atoms with Crippen molar-refractivity contribution < 1.29 is 24.2 Å². The molecule has 1 N–H and O–H groups in total. The summed E-state index contributed by atoms with van der Waals surface area (Å²) in [5.41, 5.74) is -0.275. The highest BCUT2D eigenvalue weighted by Gasteiger charge is 2.37. The van der Waals surface area contributed by atoms with Gasteiger partial charge in [0.05, 0.1) is 6.10 Å². The van der Waals surface area contributed by atoms with Crippen LogP contribution < -0.4 is 0 Å². The summed E-state index contributed by atoms with van der Waals surface area (Å²) >= 11 is 0. The third kappa shape index (κ3) is 4.06. The van der Waals surface area contributed by atoms with Crippen LogP contribution in [0.1, 0.15) is 26.7 Å². The van der Waals surface area contributed by atoms with Crippen LogP contribution in [0.5, 0.6) is 0 Å². The minimum absolute atomic E-state index is 0.186. The van der Waals surface area contributed by atoms with Crippen molar-refractivity contribution in [1.82, 2.24) is 0 Å². The molecule has 0 aromatic rings. The molecule has 0 fully saturated rings. The van der Waals surface area contributed by atoms with E-state index in [1.807, 2.05) is 13.0 Å². The van der Waals surface area contributed by atoms with Crippen molar-refractivity contribution >= 4 is 11.8 Å². The third-order valence-electron chi connectivity index (χ3n) is 2.91. The van der Waals surface area contributed by atoms with Crippen molar-refractivity contribution in [1.29, 1.82) is 0 Å². The largest absolute Gasteiger partial charge is 0.481 e. The van der Waals surface area contributed by atoms with Crippen LogP contribution in [0.25, 0.3) is 0 Å². The molecule has 1 heterocycles. The van der Waals surface area contributed by atoms with Gasteiger partial charge in [-0.1, -0.05) is 25.2 Å². The summed E-state index contributed by atoms with van der Waals surface area (Å²) in [5, 5.41) is 9.13. The number of hydrogen-bond acceptors (Lipinski definition) is 4. The Morgan fingerprint density at radius 1 is 1.50 bits per heavy atom. The number of Topliss-reactive ketones (excluding diaryl/α,β-unsaturated/α-hetero) is 1. The number of hydrogen-bond donors (Lipinski definition) is 1. The molecule has 1 aliphatic heterocycles. The fraction of sp³-hybridized carbons (Fsp3) is 0.467. The van der Waals surface area contributed by atoms with Gasteiger partial charge in [0.1, 0.15) is 11.3 Å². The highest BCUT2D eigenvalue weighted by Crippen LogP contribution is 2.27. The van der Waals surface area contributed by atoms with E-state index >= 15 is 0 Å². The maximum atomic E-state index is 12.0. The van der Waals surface area contributed by atoms with Crippen LogP contribution in [0.15, 0.2) is 35.6 Å². The number of carbonyl (C=O) groups excluding carboxylic acids is 1. The summed E-state index contributed by atoms with van der Waals surface area (Å²) in [6.07, 6.45) is 7.05. The average molecular weight is 280 g/mol. The quantitative estimate of drug-likeness (QED) is 0.572. The van der Waals surface area contributed by atoms with Gasteiger partial charge in [-0.3, -0.25) is 4.79 Å². The highest BCUT2D eigenvalue weighted by atomic mass is 16.5. The van der Waals surface area contributed by atoms with Gasteiger partial charge in [-0.2, -0.15) is 0 Å². The van der Waals surface area contributed by atoms with E-state index in [-0.39, 0.29) is 23.9 Å². The van der Waals surface area contributed by atoms with Gasteiger partial charge in [0.2, 0.25) is 5.78 Å². The zero-order valence-corrected chi connectivity index (χ0v) is 12.0. The third-order valence-corrected chi connectivity index (χ3v) is 2.91. The fourth-order valence-corrected chi connectivity index (χ4v) is 1.77. The van der Waals surface area contributed by atoms with Gasteiger partial charge < -0.3 is 14.6 Å². The van der Waals surface area contributed by atoms with Crippen molar-refractivity contribution in [3.8, 4) is 0 Å². The molecular formula is C15H20O5. The molecule has 0 amide bonds. The van der Waals surface area contributed by atoms with E-state index in [1.165, 1.54) is 7.11 Å². The van der Waals surface area contributed by atoms with E-state index in [2.05, 4.69) is 0 Å². The molecule has 0 aromatic carbocycles. The molecule has 1 aliphatic rings. The molecule has 0 saturated heterocycles. The first kappa shape index (κ1) is 16.2. The lowest BCUT2D eigenvalue weighted by Gasteiger charge is -2.12. The lowest BCUT2D eigenvalue weighted by Crippen LogP contribution is -2.18. The highest BCUT2D eigenvalue weighted by molar-refractivity contribution is 6.20. The van der Waals surface area contributed by atoms with Crippen LogP contribution in [0.4, 0.5) is 0 Å². The first-order valence-corrected chi connectivity index (χ1v) is 6.54. The van der Waals surface area contributed by atoms with E-state index < -0.39 is 17.9 Å². The Morgan fingerprint density at radius 3 is 2.75 bits per heavy atom. The molecule has 2 atom stereocenters. The average Bonchev–Trinajstić information content (AvgIpc) is 2.71. The molecule has 2 unspecified atom stereocenters. The number of ketones is 1. The first-order valence-electron chi connectivity index (χ1n) is 6.54. The van der Waals surface area contributed by atoms with E-state index in [0.717, 1.165) is 6.42 Å². The summed E-state index contributed by atoms with van der Waals surface area (Å²) in [6.45, 7) is 3.78. The number of rotatable bonds is 7. The molecule has 0 aromatic heterocycles. The van der Waals surface area contributed by atoms with Crippen molar-refractivity contribution in [3.05, 3.63) is 35.6 Å². The SMILES string of the molecule is CC/C=C/C=C/C1OC(CC(C)OC)=C(C(=O)O)C1=O. The Kier molecular flexibility index (Phi) is 6.18. The molecule has 5 heteroatoms. The minimum atomic E-state index is -1.26. The molecule has 0 aliphatic carbocycles. The van der Waals surface area contributed by atoms with Gasteiger partial charge in [0.25, 0.3) is 0 Å². The van der Waals surface area contributed by atoms with E-state index in [9.17, 15) is 9.59 Å². The topological polar surface area (TPSA) is 72.8 Å². The summed E-state index contributed by atoms with van der Waals surface area (Å²) < 4.78 is 10.5. The Labute approximate surface area is 118 Å². The molecule has 110 valence electrons. The zero-order chi connectivity index (χ0) is 15.1. The van der Waals surface area contributed by atoms with Crippen molar-refractivity contribution in [3.63, 3.8) is 0 Å². The van der Waals surface area contributed by atoms with E-state index in [1.54, 1.807) is 25.2 Å². The summed E-state index contributed by atoms with van der Waals surface area (Å²) in [7, 11) is 1.52. The minimum Gasteiger partial charge on any atom is -0.481 e. The smallest absolute Gasteiger partial charge is 0.342 e. The van der Waals surface area contributed by atoms with Crippen LogP contribution >= 0.6 is 0 Å². The molecular weight excluding hydrogens is 260 g/mol. The second-order valence-corrected chi connectivity index (χ2v) is 4.48. The van der Waals surface area contributed by atoms with Crippen LogP contribution in [0, 0.1) is 0 Å². The predicted molar refractivity (Wildman–Crippen MR) is 74.2 cm³/mol. The maximum Gasteiger partial charge on any atom is 0.342 e. The van der Waals surface area contributed by atoms with Crippen LogP contribution in [0.3, 0.4) is 0 Å². The summed E-state index contributed by atoms with van der Waals surface area (Å²) in [6, 6.07) is 0. The van der Waals surface area contributed by atoms with Crippen molar-refractivity contribution in [2.24, 2.45) is 0 Å². The first-order chi connectivity index (χ1) is 9.51. The van der Waals surface area contributed by atoms with Gasteiger partial charge >= 0.3 is 5.97 Å². The molecule has 1 rings (SSSR count). The molecule has 5 nitrogen and oxygen atoms in total. The van der Waals surface area contributed by atoms with Gasteiger partial charge in [-0.15, -0.1) is 0 Å². The second kappa shape index (κ2) is 7.65. The number of methoxy groups -OCH3 is 1. The van der Waals surface area contributed by atoms with Crippen LogP contribution in [-0.2, 0) is 19.1 Å². The lowest BCUT2D eigenvalue weighted by molar-refractivity contribution is -0.134. The molecule has 0 bridgehead atoms. The normalized spacial score (nSPS) is 20.9. The van der Waals surface area contributed by atoms with Gasteiger partial charge in [0, 0.05) is 13.5 Å². The predicted octanol–water partition coefficient (Wildman–Crippen LogP) is 2.24. The Morgan fingerprint density at radius 2 is 2.20 bits per heavy atom. The van der Waals surface area contributed by atoms with Crippen molar-refractivity contribution in [2.75, 3.05) is 7.11 Å². The lowest BCUT2D eigenvalue weighted by atomic mass is 10.1. The number of carboxylic acid groups (broad SMARTS) is 1. The van der Waals surface area contributed by atoms with Crippen molar-refractivity contribution in [2.45, 2.75) is 38.9 Å². The number of allylic oxidation sites excluding steroid dienone is 3. The van der Waals surface area contributed by atoms with E-state index in [4.69, 9.17) is 14.6 Å². The Bertz CT molecular complexity index is 459. The second-order valence-electron chi connectivity index (χ2n) is 4.48.